The lowest BCUT2D eigenvalue weighted by atomic mass is 10.1. The highest BCUT2D eigenvalue weighted by atomic mass is 32.2. The Kier molecular flexibility index (Phi) is 5.69. The van der Waals surface area contributed by atoms with E-state index in [0.717, 1.165) is 4.88 Å². The monoisotopic (exact) mass is 447 g/mol. The third kappa shape index (κ3) is 4.43. The van der Waals surface area contributed by atoms with Crippen LogP contribution in [0.5, 0.6) is 0 Å². The van der Waals surface area contributed by atoms with Crippen LogP contribution in [0.4, 0.5) is 0 Å². The van der Waals surface area contributed by atoms with E-state index in [1.54, 1.807) is 29.2 Å². The van der Waals surface area contributed by atoms with Crippen LogP contribution in [0.15, 0.2) is 45.1 Å². The van der Waals surface area contributed by atoms with E-state index in [1.807, 2.05) is 17.5 Å². The first kappa shape index (κ1) is 20.7. The average Bonchev–Trinajstić information content (AvgIpc) is 3.39. The Morgan fingerprint density at radius 2 is 2.00 bits per heavy atom. The fourth-order valence-electron chi connectivity index (χ4n) is 3.30. The van der Waals surface area contributed by atoms with Crippen LogP contribution in [0, 0.1) is 6.92 Å². The molecule has 3 aromatic rings. The minimum Gasteiger partial charge on any atom is -0.338 e. The molecule has 1 aliphatic heterocycles. The van der Waals surface area contributed by atoms with Crippen molar-refractivity contribution in [2.45, 2.75) is 18.4 Å². The van der Waals surface area contributed by atoms with Crippen LogP contribution in [0.3, 0.4) is 0 Å². The van der Waals surface area contributed by atoms with Crippen molar-refractivity contribution in [2.75, 3.05) is 26.2 Å². The van der Waals surface area contributed by atoms with Crippen LogP contribution in [-0.2, 0) is 16.6 Å². The van der Waals surface area contributed by atoms with Gasteiger partial charge in [0.05, 0.1) is 16.3 Å². The van der Waals surface area contributed by atoms with Gasteiger partial charge in [-0.25, -0.2) is 13.6 Å². The van der Waals surface area contributed by atoms with Gasteiger partial charge in [0, 0.05) is 31.7 Å². The maximum atomic E-state index is 12.9. The summed E-state index contributed by atoms with van der Waals surface area (Å²) in [5.41, 5.74) is 1.06. The fourth-order valence-corrected chi connectivity index (χ4v) is 4.49. The molecule has 0 spiro atoms. The van der Waals surface area contributed by atoms with Crippen LogP contribution in [0.1, 0.15) is 21.8 Å². The van der Waals surface area contributed by atoms with E-state index < -0.39 is 10.0 Å². The molecule has 0 unspecified atom stereocenters. The number of carbonyl (C=O) groups is 1. The van der Waals surface area contributed by atoms with Gasteiger partial charge in [0.25, 0.3) is 5.91 Å². The molecule has 30 heavy (non-hydrogen) atoms. The summed E-state index contributed by atoms with van der Waals surface area (Å²) in [5.74, 6) is 0.921. The summed E-state index contributed by atoms with van der Waals surface area (Å²) in [7, 11) is -3.87. The number of benzene rings is 1. The van der Waals surface area contributed by atoms with E-state index in [2.05, 4.69) is 15.0 Å². The SMILES string of the molecule is Cc1ccc(S(N)(=O)=O)cc1C(=O)N1CCN(Cc2nc(-c3cccs3)no2)CC1. The topological polar surface area (TPSA) is 123 Å². The molecule has 1 fully saturated rings. The predicted octanol–water partition coefficient (Wildman–Crippen LogP) is 1.71. The third-order valence-electron chi connectivity index (χ3n) is 5.00. The lowest BCUT2D eigenvalue weighted by Crippen LogP contribution is -2.48. The van der Waals surface area contributed by atoms with Crippen LogP contribution in [-0.4, -0.2) is 60.4 Å². The Hall–Kier alpha value is -2.60. The minimum absolute atomic E-state index is 0.0620. The molecule has 4 rings (SSSR count). The van der Waals surface area contributed by atoms with Crippen molar-refractivity contribution in [1.82, 2.24) is 19.9 Å². The molecule has 158 valence electrons. The third-order valence-corrected chi connectivity index (χ3v) is 6.77. The number of hydrogen-bond acceptors (Lipinski definition) is 8. The van der Waals surface area contributed by atoms with Gasteiger partial charge in [0.2, 0.25) is 21.7 Å². The highest BCUT2D eigenvalue weighted by molar-refractivity contribution is 7.89. The molecule has 2 N–H and O–H groups in total. The van der Waals surface area contributed by atoms with Crippen LogP contribution < -0.4 is 5.14 Å². The first-order chi connectivity index (χ1) is 14.3. The Labute approximate surface area is 178 Å². The molecule has 11 heteroatoms. The van der Waals surface area contributed by atoms with E-state index >= 15 is 0 Å². The van der Waals surface area contributed by atoms with Crippen molar-refractivity contribution in [3.63, 3.8) is 0 Å². The summed E-state index contributed by atoms with van der Waals surface area (Å²) in [4.78, 5) is 22.1. The van der Waals surface area contributed by atoms with Crippen molar-refractivity contribution in [3.05, 3.63) is 52.7 Å². The smallest absolute Gasteiger partial charge is 0.254 e. The van der Waals surface area contributed by atoms with Crippen LogP contribution >= 0.6 is 11.3 Å². The molecule has 2 aromatic heterocycles. The van der Waals surface area contributed by atoms with E-state index in [0.29, 0.717) is 55.6 Å². The number of aromatic nitrogens is 2. The minimum atomic E-state index is -3.87. The van der Waals surface area contributed by atoms with E-state index in [4.69, 9.17) is 9.66 Å². The molecule has 0 saturated carbocycles. The number of thiophene rings is 1. The first-order valence-electron chi connectivity index (χ1n) is 9.33. The Morgan fingerprint density at radius 1 is 1.23 bits per heavy atom. The first-order valence-corrected chi connectivity index (χ1v) is 11.8. The van der Waals surface area contributed by atoms with Crippen molar-refractivity contribution in [3.8, 4) is 10.7 Å². The molecule has 1 aromatic carbocycles. The number of rotatable bonds is 5. The van der Waals surface area contributed by atoms with Gasteiger partial charge >= 0.3 is 0 Å². The number of nitrogens with zero attached hydrogens (tertiary/aromatic N) is 4. The highest BCUT2D eigenvalue weighted by Crippen LogP contribution is 2.22. The second-order valence-corrected chi connectivity index (χ2v) is 9.59. The molecule has 3 heterocycles. The van der Waals surface area contributed by atoms with Gasteiger partial charge < -0.3 is 9.42 Å². The Morgan fingerprint density at radius 3 is 2.67 bits per heavy atom. The van der Waals surface area contributed by atoms with Crippen LogP contribution in [0.25, 0.3) is 10.7 Å². The molecular weight excluding hydrogens is 426 g/mol. The summed E-state index contributed by atoms with van der Waals surface area (Å²) >= 11 is 1.55. The molecular formula is C19H21N5O4S2. The Bertz CT molecular complexity index is 1150. The number of carbonyl (C=O) groups excluding carboxylic acids is 1. The van der Waals surface area contributed by atoms with Gasteiger partial charge in [0.15, 0.2) is 0 Å². The van der Waals surface area contributed by atoms with Crippen LogP contribution in [0.2, 0.25) is 0 Å². The second-order valence-electron chi connectivity index (χ2n) is 7.08. The summed E-state index contributed by atoms with van der Waals surface area (Å²) < 4.78 is 28.6. The van der Waals surface area contributed by atoms with E-state index in [1.165, 1.54) is 12.1 Å². The van der Waals surface area contributed by atoms with Crippen molar-refractivity contribution < 1.29 is 17.7 Å². The van der Waals surface area contributed by atoms with E-state index in [-0.39, 0.29) is 10.8 Å². The zero-order chi connectivity index (χ0) is 21.3. The quantitative estimate of drug-likeness (QED) is 0.632. The van der Waals surface area contributed by atoms with Gasteiger partial charge in [-0.2, -0.15) is 4.98 Å². The van der Waals surface area contributed by atoms with Crippen molar-refractivity contribution >= 4 is 27.3 Å². The molecule has 0 atom stereocenters. The highest BCUT2D eigenvalue weighted by Gasteiger charge is 2.25. The summed E-state index contributed by atoms with van der Waals surface area (Å²) in [5, 5.41) is 11.2. The molecule has 1 saturated heterocycles. The molecule has 1 amide bonds. The molecule has 9 nitrogen and oxygen atoms in total. The summed E-state index contributed by atoms with van der Waals surface area (Å²) in [6.07, 6.45) is 0. The van der Waals surface area contributed by atoms with Crippen molar-refractivity contribution in [2.24, 2.45) is 5.14 Å². The normalized spacial score (nSPS) is 15.5. The van der Waals surface area contributed by atoms with Gasteiger partial charge in [-0.3, -0.25) is 9.69 Å². The molecule has 0 radical (unpaired) electrons. The predicted molar refractivity (Wildman–Crippen MR) is 111 cm³/mol. The van der Waals surface area contributed by atoms with Gasteiger partial charge in [-0.1, -0.05) is 17.3 Å². The number of primary sulfonamides is 1. The number of piperazine rings is 1. The fraction of sp³-hybridized carbons (Fsp3) is 0.316. The Balaban J connectivity index is 1.38. The number of hydrogen-bond donors (Lipinski definition) is 1. The van der Waals surface area contributed by atoms with Gasteiger partial charge in [0.1, 0.15) is 0 Å². The summed E-state index contributed by atoms with van der Waals surface area (Å²) in [6.45, 7) is 4.62. The number of aryl methyl sites for hydroxylation is 1. The zero-order valence-electron chi connectivity index (χ0n) is 16.3. The number of amides is 1. The van der Waals surface area contributed by atoms with Gasteiger partial charge in [-0.05, 0) is 36.1 Å². The number of nitrogens with two attached hydrogens (primary N) is 1. The molecule has 1 aliphatic rings. The lowest BCUT2D eigenvalue weighted by Gasteiger charge is -2.34. The largest absolute Gasteiger partial charge is 0.338 e. The van der Waals surface area contributed by atoms with Crippen molar-refractivity contribution in [1.29, 1.82) is 0 Å². The average molecular weight is 448 g/mol. The second kappa shape index (κ2) is 8.26. The maximum absolute atomic E-state index is 12.9. The maximum Gasteiger partial charge on any atom is 0.254 e. The van der Waals surface area contributed by atoms with E-state index in [9.17, 15) is 13.2 Å². The zero-order valence-corrected chi connectivity index (χ0v) is 17.9. The number of sulfonamides is 1. The summed E-state index contributed by atoms with van der Waals surface area (Å²) in [6, 6.07) is 8.24. The molecule has 0 aliphatic carbocycles. The lowest BCUT2D eigenvalue weighted by molar-refractivity contribution is 0.0614. The molecule has 0 bridgehead atoms. The standard InChI is InChI=1S/C19H21N5O4S2/c1-13-4-5-14(30(20,26)27)11-15(13)19(25)24-8-6-23(7-9-24)12-17-21-18(22-28-17)16-3-2-10-29-16/h2-5,10-11H,6-9,12H2,1H3,(H2,20,26,27). The van der Waals surface area contributed by atoms with Gasteiger partial charge in [-0.15, -0.1) is 11.3 Å².